The number of aryl methyl sites for hydroxylation is 1. The van der Waals surface area contributed by atoms with E-state index in [1.165, 1.54) is 0 Å². The highest BCUT2D eigenvalue weighted by Crippen LogP contribution is 2.28. The maximum atomic E-state index is 6.00. The first-order valence-corrected chi connectivity index (χ1v) is 7.86. The van der Waals surface area contributed by atoms with E-state index in [1.54, 1.807) is 6.33 Å². The summed E-state index contributed by atoms with van der Waals surface area (Å²) in [5.74, 6) is 1.65. The van der Waals surface area contributed by atoms with Crippen LogP contribution in [0.4, 0.5) is 5.82 Å². The van der Waals surface area contributed by atoms with Crippen molar-refractivity contribution >= 4 is 17.0 Å². The Bertz CT molecular complexity index is 812. The van der Waals surface area contributed by atoms with Gasteiger partial charge in [-0.2, -0.15) is 5.10 Å². The van der Waals surface area contributed by atoms with Crippen molar-refractivity contribution in [3.8, 4) is 0 Å². The number of anilines is 1. The minimum Gasteiger partial charge on any atom is -0.382 e. The van der Waals surface area contributed by atoms with E-state index in [1.807, 2.05) is 17.9 Å². The third-order valence-electron chi connectivity index (χ3n) is 4.44. The van der Waals surface area contributed by atoms with Crippen LogP contribution in [0.1, 0.15) is 30.3 Å². The van der Waals surface area contributed by atoms with Crippen LogP contribution in [0.3, 0.4) is 0 Å². The first-order valence-electron chi connectivity index (χ1n) is 7.86. The molecule has 23 heavy (non-hydrogen) atoms. The van der Waals surface area contributed by atoms with E-state index >= 15 is 0 Å². The average molecular weight is 312 g/mol. The van der Waals surface area contributed by atoms with Crippen LogP contribution in [0.2, 0.25) is 0 Å². The van der Waals surface area contributed by atoms with Crippen molar-refractivity contribution in [2.75, 3.05) is 18.8 Å². The lowest BCUT2D eigenvalue weighted by atomic mass is 9.96. The molecule has 0 saturated carbocycles. The molecule has 0 aliphatic carbocycles. The molecular formula is C15H20N8. The quantitative estimate of drug-likeness (QED) is 0.749. The van der Waals surface area contributed by atoms with Gasteiger partial charge in [-0.15, -0.1) is 0 Å². The number of H-pyrrole nitrogens is 1. The molecule has 0 atom stereocenters. The maximum absolute atomic E-state index is 6.00. The summed E-state index contributed by atoms with van der Waals surface area (Å²) in [5, 5.41) is 4.44. The van der Waals surface area contributed by atoms with Crippen LogP contribution in [0.25, 0.3) is 11.2 Å². The molecule has 0 amide bonds. The summed E-state index contributed by atoms with van der Waals surface area (Å²) in [6.07, 6.45) is 5.65. The number of hydrogen-bond acceptors (Lipinski definition) is 6. The molecule has 4 rings (SSSR count). The number of fused-ring (bicyclic) bond motifs is 1. The van der Waals surface area contributed by atoms with Crippen molar-refractivity contribution < 1.29 is 0 Å². The van der Waals surface area contributed by atoms with Crippen LogP contribution in [0.15, 0.2) is 18.6 Å². The first-order chi connectivity index (χ1) is 11.2. The summed E-state index contributed by atoms with van der Waals surface area (Å²) >= 11 is 0. The van der Waals surface area contributed by atoms with E-state index in [0.717, 1.165) is 49.5 Å². The second-order valence-corrected chi connectivity index (χ2v) is 6.10. The lowest BCUT2D eigenvalue weighted by molar-refractivity contribution is 0.199. The van der Waals surface area contributed by atoms with Gasteiger partial charge >= 0.3 is 0 Å². The number of likely N-dealkylation sites (tertiary alicyclic amines) is 1. The van der Waals surface area contributed by atoms with E-state index < -0.39 is 0 Å². The second-order valence-electron chi connectivity index (χ2n) is 6.10. The van der Waals surface area contributed by atoms with E-state index in [4.69, 9.17) is 5.73 Å². The molecule has 4 heterocycles. The van der Waals surface area contributed by atoms with E-state index in [-0.39, 0.29) is 0 Å². The summed E-state index contributed by atoms with van der Waals surface area (Å²) < 4.78 is 1.85. The lowest BCUT2D eigenvalue weighted by Gasteiger charge is -2.30. The van der Waals surface area contributed by atoms with Crippen molar-refractivity contribution in [1.82, 2.24) is 34.6 Å². The third kappa shape index (κ3) is 2.77. The minimum atomic E-state index is 0.346. The predicted octanol–water partition coefficient (Wildman–Crippen LogP) is 1.05. The Kier molecular flexibility index (Phi) is 3.45. The number of nitrogens with one attached hydrogen (secondary N) is 1. The number of rotatable bonds is 3. The molecule has 0 aromatic carbocycles. The van der Waals surface area contributed by atoms with Crippen molar-refractivity contribution in [2.45, 2.75) is 25.3 Å². The highest BCUT2D eigenvalue weighted by molar-refractivity contribution is 5.80. The van der Waals surface area contributed by atoms with Gasteiger partial charge in [-0.3, -0.25) is 9.58 Å². The van der Waals surface area contributed by atoms with Gasteiger partial charge in [-0.05, 0) is 32.0 Å². The molecule has 0 unspecified atom stereocenters. The number of nitrogens with zero attached hydrogens (tertiary/aromatic N) is 6. The molecule has 0 radical (unpaired) electrons. The van der Waals surface area contributed by atoms with Crippen LogP contribution in [0, 0.1) is 0 Å². The maximum Gasteiger partial charge on any atom is 0.183 e. The zero-order valence-corrected chi connectivity index (χ0v) is 13.1. The Balaban J connectivity index is 1.44. The number of nitrogens with two attached hydrogens (primary N) is 1. The summed E-state index contributed by atoms with van der Waals surface area (Å²) in [7, 11) is 1.95. The summed E-state index contributed by atoms with van der Waals surface area (Å²) in [5.41, 5.74) is 8.49. The van der Waals surface area contributed by atoms with Gasteiger partial charge in [0.1, 0.15) is 11.3 Å². The standard InChI is InChI=1S/C15H20N8/c1-22-5-4-11(21-22)8-23-6-2-10(3-7-23)14-19-13(16)12-15(20-14)18-9-17-12/h4-5,9-10H,2-3,6-8H2,1H3,(H3,16,17,18,19,20). The summed E-state index contributed by atoms with van der Waals surface area (Å²) in [6, 6.07) is 2.07. The van der Waals surface area contributed by atoms with Crippen LogP contribution in [0.5, 0.6) is 0 Å². The number of aromatic amines is 1. The van der Waals surface area contributed by atoms with Crippen LogP contribution >= 0.6 is 0 Å². The zero-order valence-electron chi connectivity index (χ0n) is 13.1. The van der Waals surface area contributed by atoms with Gasteiger partial charge in [0.2, 0.25) is 0 Å². The molecule has 1 aliphatic rings. The predicted molar refractivity (Wildman–Crippen MR) is 86.6 cm³/mol. The smallest absolute Gasteiger partial charge is 0.183 e. The fraction of sp³-hybridized carbons (Fsp3) is 0.467. The van der Waals surface area contributed by atoms with E-state index in [9.17, 15) is 0 Å². The number of aromatic nitrogens is 6. The topological polar surface area (TPSA) is 102 Å². The lowest BCUT2D eigenvalue weighted by Crippen LogP contribution is -2.33. The highest BCUT2D eigenvalue weighted by atomic mass is 15.3. The fourth-order valence-corrected chi connectivity index (χ4v) is 3.18. The van der Waals surface area contributed by atoms with Gasteiger partial charge in [-0.1, -0.05) is 0 Å². The molecule has 0 bridgehead atoms. The van der Waals surface area contributed by atoms with E-state index in [2.05, 4.69) is 36.0 Å². The molecule has 0 spiro atoms. The van der Waals surface area contributed by atoms with Gasteiger partial charge in [0, 0.05) is 25.7 Å². The van der Waals surface area contributed by atoms with Crippen molar-refractivity contribution in [3.05, 3.63) is 30.1 Å². The number of piperidine rings is 1. The van der Waals surface area contributed by atoms with Gasteiger partial charge in [0.05, 0.1) is 12.0 Å². The molecule has 3 aromatic heterocycles. The summed E-state index contributed by atoms with van der Waals surface area (Å²) in [4.78, 5) is 18.6. The Morgan fingerprint density at radius 2 is 2.13 bits per heavy atom. The molecule has 8 nitrogen and oxygen atoms in total. The SMILES string of the molecule is Cn1ccc(CN2CCC(c3nc(N)c4[nH]cnc4n3)CC2)n1. The Morgan fingerprint density at radius 3 is 2.87 bits per heavy atom. The second kappa shape index (κ2) is 5.62. The van der Waals surface area contributed by atoms with Crippen LogP contribution in [-0.4, -0.2) is 47.7 Å². The Labute approximate surface area is 133 Å². The Morgan fingerprint density at radius 1 is 1.30 bits per heavy atom. The minimum absolute atomic E-state index is 0.346. The molecule has 1 aliphatic heterocycles. The van der Waals surface area contributed by atoms with E-state index in [0.29, 0.717) is 17.4 Å². The highest BCUT2D eigenvalue weighted by Gasteiger charge is 2.24. The molecule has 3 N–H and O–H groups in total. The molecular weight excluding hydrogens is 292 g/mol. The van der Waals surface area contributed by atoms with Crippen molar-refractivity contribution in [1.29, 1.82) is 0 Å². The molecule has 8 heteroatoms. The third-order valence-corrected chi connectivity index (χ3v) is 4.44. The van der Waals surface area contributed by atoms with Crippen molar-refractivity contribution in [2.24, 2.45) is 7.05 Å². The molecule has 1 fully saturated rings. The zero-order chi connectivity index (χ0) is 15.8. The van der Waals surface area contributed by atoms with Crippen LogP contribution < -0.4 is 5.73 Å². The van der Waals surface area contributed by atoms with Gasteiger partial charge in [0.15, 0.2) is 11.5 Å². The van der Waals surface area contributed by atoms with Crippen LogP contribution in [-0.2, 0) is 13.6 Å². The van der Waals surface area contributed by atoms with Gasteiger partial charge in [0.25, 0.3) is 0 Å². The fourth-order valence-electron chi connectivity index (χ4n) is 3.18. The van der Waals surface area contributed by atoms with Gasteiger partial charge in [-0.25, -0.2) is 15.0 Å². The van der Waals surface area contributed by atoms with Gasteiger partial charge < -0.3 is 10.7 Å². The van der Waals surface area contributed by atoms with Crippen molar-refractivity contribution in [3.63, 3.8) is 0 Å². The molecule has 120 valence electrons. The average Bonchev–Trinajstić information content (AvgIpc) is 3.17. The molecule has 1 saturated heterocycles. The number of nitrogen functional groups attached to an aromatic ring is 1. The first kappa shape index (κ1) is 14.1. The number of hydrogen-bond donors (Lipinski definition) is 2. The normalized spacial score (nSPS) is 17.1. The molecule has 3 aromatic rings. The Hall–Kier alpha value is -2.48. The monoisotopic (exact) mass is 312 g/mol. The largest absolute Gasteiger partial charge is 0.382 e. The summed E-state index contributed by atoms with van der Waals surface area (Å²) in [6.45, 7) is 2.93. The number of imidazole rings is 1.